The van der Waals surface area contributed by atoms with Crippen LogP contribution in [0, 0.1) is 12.7 Å². The Bertz CT molecular complexity index is 1350. The van der Waals surface area contributed by atoms with Gasteiger partial charge in [-0.1, -0.05) is 49.4 Å². The second kappa shape index (κ2) is 12.7. The van der Waals surface area contributed by atoms with Gasteiger partial charge in [0.25, 0.3) is 10.0 Å². The largest absolute Gasteiger partial charge is 0.352 e. The number of nitrogens with one attached hydrogen (secondary N) is 1. The predicted octanol–water partition coefficient (Wildman–Crippen LogP) is 4.66. The van der Waals surface area contributed by atoms with Gasteiger partial charge in [-0.15, -0.1) is 0 Å². The molecule has 0 bridgehead atoms. The zero-order valence-corrected chi connectivity index (χ0v) is 22.9. The Morgan fingerprint density at radius 3 is 2.13 bits per heavy atom. The summed E-state index contributed by atoms with van der Waals surface area (Å²) in [5, 5.41) is 2.91. The summed E-state index contributed by atoms with van der Waals surface area (Å²) in [5.74, 6) is -1.44. The highest BCUT2D eigenvalue weighted by Gasteiger charge is 2.32. The van der Waals surface area contributed by atoms with Gasteiger partial charge in [0.05, 0.1) is 10.6 Å². The molecule has 38 heavy (non-hydrogen) atoms. The maximum Gasteiger partial charge on any atom is 0.264 e. The van der Waals surface area contributed by atoms with Crippen molar-refractivity contribution in [2.24, 2.45) is 0 Å². The Hall–Kier alpha value is -3.72. The first-order chi connectivity index (χ1) is 18.0. The summed E-state index contributed by atoms with van der Waals surface area (Å²) >= 11 is 0. The van der Waals surface area contributed by atoms with Crippen LogP contribution in [0.3, 0.4) is 0 Å². The first-order valence-corrected chi connectivity index (χ1v) is 14.0. The van der Waals surface area contributed by atoms with Crippen molar-refractivity contribution in [1.82, 2.24) is 10.2 Å². The maximum absolute atomic E-state index is 13.9. The average Bonchev–Trinajstić information content (AvgIpc) is 2.91. The van der Waals surface area contributed by atoms with Crippen LogP contribution in [0.4, 0.5) is 10.1 Å². The summed E-state index contributed by atoms with van der Waals surface area (Å²) in [6, 6.07) is 19.3. The highest BCUT2D eigenvalue weighted by molar-refractivity contribution is 7.92. The van der Waals surface area contributed by atoms with Crippen LogP contribution in [-0.4, -0.2) is 43.8 Å². The fourth-order valence-electron chi connectivity index (χ4n) is 3.88. The lowest BCUT2D eigenvalue weighted by Crippen LogP contribution is -2.52. The number of halogens is 1. The van der Waals surface area contributed by atoms with Gasteiger partial charge in [-0.25, -0.2) is 12.8 Å². The number of para-hydroxylation sites is 1. The summed E-state index contributed by atoms with van der Waals surface area (Å²) in [7, 11) is -4.23. The van der Waals surface area contributed by atoms with Crippen LogP contribution in [0.25, 0.3) is 0 Å². The van der Waals surface area contributed by atoms with E-state index in [0.29, 0.717) is 0 Å². The molecule has 0 unspecified atom stereocenters. The molecule has 3 rings (SSSR count). The molecular formula is C29H34FN3O4S. The normalized spacial score (nSPS) is 12.9. The van der Waals surface area contributed by atoms with E-state index in [1.54, 1.807) is 37.3 Å². The Labute approximate surface area is 224 Å². The maximum atomic E-state index is 13.9. The third-order valence-electron chi connectivity index (χ3n) is 6.49. The molecule has 1 N–H and O–H groups in total. The molecule has 3 aromatic carbocycles. The van der Waals surface area contributed by atoms with Crippen molar-refractivity contribution in [3.63, 3.8) is 0 Å². The Balaban J connectivity index is 2.01. The molecule has 7 nitrogen and oxygen atoms in total. The monoisotopic (exact) mass is 539 g/mol. The third-order valence-corrected chi connectivity index (χ3v) is 8.28. The smallest absolute Gasteiger partial charge is 0.264 e. The standard InChI is InChI=1S/C29H34FN3O4S/c1-5-22(3)31-29(35)23(4)32(19-24-12-10-9-11-21(24)2)28(34)20-33(26-13-7-6-8-14-26)38(36,37)27-17-15-25(30)16-18-27/h6-18,22-23H,5,19-20H2,1-4H3,(H,31,35)/t22-,23+/m0/s1. The molecule has 202 valence electrons. The van der Waals surface area contributed by atoms with Gasteiger partial charge in [0.15, 0.2) is 0 Å². The van der Waals surface area contributed by atoms with Gasteiger partial charge in [0.1, 0.15) is 18.4 Å². The van der Waals surface area contributed by atoms with E-state index in [1.807, 2.05) is 45.0 Å². The Morgan fingerprint density at radius 1 is 0.921 bits per heavy atom. The van der Waals surface area contributed by atoms with E-state index in [0.717, 1.165) is 34.0 Å². The van der Waals surface area contributed by atoms with Crippen molar-refractivity contribution in [2.75, 3.05) is 10.8 Å². The van der Waals surface area contributed by atoms with E-state index in [-0.39, 0.29) is 29.1 Å². The van der Waals surface area contributed by atoms with Crippen molar-refractivity contribution in [3.8, 4) is 0 Å². The number of amides is 2. The molecule has 0 saturated carbocycles. The van der Waals surface area contributed by atoms with Crippen LogP contribution >= 0.6 is 0 Å². The molecule has 0 aliphatic rings. The number of carbonyl (C=O) groups is 2. The average molecular weight is 540 g/mol. The van der Waals surface area contributed by atoms with E-state index in [9.17, 15) is 22.4 Å². The number of hydrogen-bond donors (Lipinski definition) is 1. The number of hydrogen-bond acceptors (Lipinski definition) is 4. The lowest BCUT2D eigenvalue weighted by Gasteiger charge is -2.32. The summed E-state index contributed by atoms with van der Waals surface area (Å²) in [6.45, 7) is 6.96. The zero-order chi connectivity index (χ0) is 27.9. The van der Waals surface area contributed by atoms with Crippen LogP contribution < -0.4 is 9.62 Å². The quantitative estimate of drug-likeness (QED) is 0.384. The zero-order valence-electron chi connectivity index (χ0n) is 22.1. The number of benzene rings is 3. The van der Waals surface area contributed by atoms with Gasteiger partial charge in [-0.05, 0) is 74.7 Å². The van der Waals surface area contributed by atoms with Gasteiger partial charge in [0.2, 0.25) is 11.8 Å². The molecular weight excluding hydrogens is 505 g/mol. The molecule has 0 spiro atoms. The van der Waals surface area contributed by atoms with E-state index < -0.39 is 34.3 Å². The second-order valence-electron chi connectivity index (χ2n) is 9.24. The van der Waals surface area contributed by atoms with Crippen LogP contribution in [0.2, 0.25) is 0 Å². The van der Waals surface area contributed by atoms with Crippen molar-refractivity contribution < 1.29 is 22.4 Å². The molecule has 2 atom stereocenters. The van der Waals surface area contributed by atoms with E-state index in [1.165, 1.54) is 17.0 Å². The van der Waals surface area contributed by atoms with E-state index >= 15 is 0 Å². The van der Waals surface area contributed by atoms with Crippen LogP contribution in [0.15, 0.2) is 83.8 Å². The number of carbonyl (C=O) groups excluding carboxylic acids is 2. The van der Waals surface area contributed by atoms with Crippen molar-refractivity contribution in [2.45, 2.75) is 57.6 Å². The third kappa shape index (κ3) is 6.98. The van der Waals surface area contributed by atoms with Gasteiger partial charge in [0, 0.05) is 12.6 Å². The lowest BCUT2D eigenvalue weighted by molar-refractivity contribution is -0.139. The predicted molar refractivity (Wildman–Crippen MR) is 146 cm³/mol. The molecule has 0 aromatic heterocycles. The topological polar surface area (TPSA) is 86.8 Å². The van der Waals surface area contributed by atoms with Crippen LogP contribution in [0.5, 0.6) is 0 Å². The number of anilines is 1. The number of aryl methyl sites for hydroxylation is 1. The van der Waals surface area contributed by atoms with E-state index in [4.69, 9.17) is 0 Å². The molecule has 0 saturated heterocycles. The minimum Gasteiger partial charge on any atom is -0.352 e. The Morgan fingerprint density at radius 2 is 1.53 bits per heavy atom. The summed E-state index contributed by atoms with van der Waals surface area (Å²) in [5.41, 5.74) is 2.06. The van der Waals surface area contributed by atoms with Crippen LogP contribution in [0.1, 0.15) is 38.3 Å². The number of nitrogens with zero attached hydrogens (tertiary/aromatic N) is 2. The van der Waals surface area contributed by atoms with Gasteiger partial charge >= 0.3 is 0 Å². The molecule has 0 aliphatic carbocycles. The molecule has 9 heteroatoms. The highest BCUT2D eigenvalue weighted by atomic mass is 32.2. The van der Waals surface area contributed by atoms with Crippen LogP contribution in [-0.2, 0) is 26.2 Å². The summed E-state index contributed by atoms with van der Waals surface area (Å²) in [4.78, 5) is 28.2. The SMILES string of the molecule is CC[C@H](C)NC(=O)[C@@H](C)N(Cc1ccccc1C)C(=O)CN(c1ccccc1)S(=O)(=O)c1ccc(F)cc1. The molecule has 2 amide bonds. The number of sulfonamides is 1. The highest BCUT2D eigenvalue weighted by Crippen LogP contribution is 2.25. The fraction of sp³-hybridized carbons (Fsp3) is 0.310. The summed E-state index contributed by atoms with van der Waals surface area (Å²) < 4.78 is 41.8. The first kappa shape index (κ1) is 28.8. The second-order valence-corrected chi connectivity index (χ2v) is 11.1. The fourth-order valence-corrected chi connectivity index (χ4v) is 5.29. The molecule has 0 aliphatic heterocycles. The minimum atomic E-state index is -4.23. The molecule has 3 aromatic rings. The van der Waals surface area contributed by atoms with Gasteiger partial charge in [-0.3, -0.25) is 13.9 Å². The van der Waals surface area contributed by atoms with Crippen molar-refractivity contribution in [1.29, 1.82) is 0 Å². The minimum absolute atomic E-state index is 0.0833. The molecule has 0 heterocycles. The summed E-state index contributed by atoms with van der Waals surface area (Å²) in [6.07, 6.45) is 0.724. The number of rotatable bonds is 11. The Kier molecular flexibility index (Phi) is 9.63. The first-order valence-electron chi connectivity index (χ1n) is 12.5. The van der Waals surface area contributed by atoms with E-state index in [2.05, 4.69) is 5.32 Å². The molecule has 0 radical (unpaired) electrons. The van der Waals surface area contributed by atoms with Gasteiger partial charge < -0.3 is 10.2 Å². The van der Waals surface area contributed by atoms with Crippen molar-refractivity contribution >= 4 is 27.5 Å². The van der Waals surface area contributed by atoms with Crippen molar-refractivity contribution in [3.05, 3.63) is 95.8 Å². The molecule has 0 fully saturated rings. The van der Waals surface area contributed by atoms with Gasteiger partial charge in [-0.2, -0.15) is 0 Å². The lowest BCUT2D eigenvalue weighted by atomic mass is 10.1.